The van der Waals surface area contributed by atoms with Crippen molar-refractivity contribution in [3.8, 4) is 34.0 Å². The lowest BCUT2D eigenvalue weighted by Crippen LogP contribution is -2.03. The van der Waals surface area contributed by atoms with Gasteiger partial charge in [-0.05, 0) is 72.6 Å². The number of hydrogen-bond acceptors (Lipinski definition) is 6. The Labute approximate surface area is 181 Å². The lowest BCUT2D eigenvalue weighted by atomic mass is 10.1. The monoisotopic (exact) mass is 412 g/mol. The molecule has 31 heavy (non-hydrogen) atoms. The Bertz CT molecular complexity index is 1140. The molecule has 0 saturated heterocycles. The number of nitrogen functional groups attached to an aromatic ring is 1. The number of anilines is 1. The van der Waals surface area contributed by atoms with E-state index in [1.54, 1.807) is 24.3 Å². The summed E-state index contributed by atoms with van der Waals surface area (Å²) in [5.74, 6) is 1.19. The number of ether oxygens (including phenoxy) is 1. The van der Waals surface area contributed by atoms with Gasteiger partial charge in [-0.15, -0.1) is 0 Å². The summed E-state index contributed by atoms with van der Waals surface area (Å²) >= 11 is 0. The zero-order chi connectivity index (χ0) is 21.6. The molecule has 0 atom stereocenters. The zero-order valence-electron chi connectivity index (χ0n) is 17.3. The van der Waals surface area contributed by atoms with Crippen molar-refractivity contribution >= 4 is 5.95 Å². The van der Waals surface area contributed by atoms with E-state index in [2.05, 4.69) is 34.0 Å². The van der Waals surface area contributed by atoms with E-state index in [0.717, 1.165) is 41.1 Å². The molecule has 0 radical (unpaired) electrons. The molecule has 6 heteroatoms. The van der Waals surface area contributed by atoms with Crippen LogP contribution in [-0.2, 0) is 12.8 Å². The van der Waals surface area contributed by atoms with Crippen molar-refractivity contribution < 1.29 is 9.84 Å². The Hall–Kier alpha value is -3.93. The van der Waals surface area contributed by atoms with Crippen molar-refractivity contribution in [1.82, 2.24) is 15.0 Å². The first kappa shape index (κ1) is 20.3. The number of rotatable bonds is 7. The maximum atomic E-state index is 9.49. The van der Waals surface area contributed by atoms with Crippen LogP contribution in [0.1, 0.15) is 18.2 Å². The number of hydrogen-bond donors (Lipinski definition) is 2. The standard InChI is InChI=1S/C25H24N4O2/c1-2-17-3-8-20(27-16-17)13-14-31-22-11-6-19(7-12-22)24-15-23(28-25(26)29-24)18-4-9-21(30)10-5-18/h3-12,15-16,30H,2,13-14H2,1H3,(H2,26,28,29). The van der Waals surface area contributed by atoms with Gasteiger partial charge in [0.1, 0.15) is 11.5 Å². The van der Waals surface area contributed by atoms with Crippen molar-refractivity contribution in [1.29, 1.82) is 0 Å². The third-order valence-corrected chi connectivity index (χ3v) is 4.98. The molecule has 2 heterocycles. The molecular weight excluding hydrogens is 388 g/mol. The normalized spacial score (nSPS) is 10.7. The molecule has 0 aliphatic heterocycles. The molecule has 0 spiro atoms. The minimum absolute atomic E-state index is 0.197. The highest BCUT2D eigenvalue weighted by atomic mass is 16.5. The highest BCUT2D eigenvalue weighted by Gasteiger charge is 2.08. The summed E-state index contributed by atoms with van der Waals surface area (Å²) in [7, 11) is 0. The van der Waals surface area contributed by atoms with Gasteiger partial charge < -0.3 is 15.6 Å². The van der Waals surface area contributed by atoms with Gasteiger partial charge in [0.2, 0.25) is 5.95 Å². The Balaban J connectivity index is 1.43. The summed E-state index contributed by atoms with van der Waals surface area (Å²) in [6, 6.07) is 20.6. The smallest absolute Gasteiger partial charge is 0.221 e. The quantitative estimate of drug-likeness (QED) is 0.458. The fraction of sp³-hybridized carbons (Fsp3) is 0.160. The molecule has 3 N–H and O–H groups in total. The number of nitrogens with two attached hydrogens (primary N) is 1. The van der Waals surface area contributed by atoms with E-state index in [0.29, 0.717) is 12.3 Å². The molecule has 156 valence electrons. The average molecular weight is 412 g/mol. The van der Waals surface area contributed by atoms with E-state index in [1.165, 1.54) is 5.56 Å². The molecule has 0 aliphatic carbocycles. The lowest BCUT2D eigenvalue weighted by Gasteiger charge is -2.09. The third-order valence-electron chi connectivity index (χ3n) is 4.98. The van der Waals surface area contributed by atoms with Gasteiger partial charge in [-0.1, -0.05) is 13.0 Å². The van der Waals surface area contributed by atoms with Crippen molar-refractivity contribution in [2.45, 2.75) is 19.8 Å². The van der Waals surface area contributed by atoms with Gasteiger partial charge in [0.25, 0.3) is 0 Å². The van der Waals surface area contributed by atoms with Gasteiger partial charge in [-0.25, -0.2) is 9.97 Å². The number of phenols is 1. The Morgan fingerprint density at radius 1 is 0.871 bits per heavy atom. The minimum Gasteiger partial charge on any atom is -0.508 e. The number of aromatic hydroxyl groups is 1. The summed E-state index contributed by atoms with van der Waals surface area (Å²) in [5.41, 5.74) is 11.4. The second kappa shape index (κ2) is 9.26. The maximum Gasteiger partial charge on any atom is 0.221 e. The van der Waals surface area contributed by atoms with Crippen LogP contribution in [0, 0.1) is 0 Å². The first-order valence-electron chi connectivity index (χ1n) is 10.2. The Morgan fingerprint density at radius 3 is 2.10 bits per heavy atom. The van der Waals surface area contributed by atoms with Crippen molar-refractivity contribution in [2.75, 3.05) is 12.3 Å². The highest BCUT2D eigenvalue weighted by molar-refractivity contribution is 5.69. The molecular formula is C25H24N4O2. The van der Waals surface area contributed by atoms with Gasteiger partial charge in [-0.3, -0.25) is 4.98 Å². The lowest BCUT2D eigenvalue weighted by molar-refractivity contribution is 0.320. The van der Waals surface area contributed by atoms with E-state index in [4.69, 9.17) is 10.5 Å². The van der Waals surface area contributed by atoms with Gasteiger partial charge in [0.15, 0.2) is 0 Å². The number of nitrogens with zero attached hydrogens (tertiary/aromatic N) is 3. The molecule has 4 aromatic rings. The Morgan fingerprint density at radius 2 is 1.52 bits per heavy atom. The molecule has 2 aromatic heterocycles. The fourth-order valence-electron chi connectivity index (χ4n) is 3.20. The summed E-state index contributed by atoms with van der Waals surface area (Å²) in [6.45, 7) is 2.68. The van der Waals surface area contributed by atoms with Gasteiger partial charge in [0, 0.05) is 29.4 Å². The molecule has 6 nitrogen and oxygen atoms in total. The summed E-state index contributed by atoms with van der Waals surface area (Å²) < 4.78 is 5.86. The number of phenolic OH excluding ortho intramolecular Hbond substituents is 1. The van der Waals surface area contributed by atoms with Crippen LogP contribution in [0.25, 0.3) is 22.5 Å². The van der Waals surface area contributed by atoms with Crippen LogP contribution in [0.2, 0.25) is 0 Å². The summed E-state index contributed by atoms with van der Waals surface area (Å²) in [4.78, 5) is 13.1. The average Bonchev–Trinajstić information content (AvgIpc) is 2.80. The van der Waals surface area contributed by atoms with Crippen molar-refractivity contribution in [2.24, 2.45) is 0 Å². The van der Waals surface area contributed by atoms with E-state index in [9.17, 15) is 5.11 Å². The van der Waals surface area contributed by atoms with Crippen LogP contribution in [0.4, 0.5) is 5.95 Å². The molecule has 2 aromatic carbocycles. The predicted molar refractivity (Wildman–Crippen MR) is 122 cm³/mol. The first-order chi connectivity index (χ1) is 15.1. The van der Waals surface area contributed by atoms with Crippen LogP contribution in [0.15, 0.2) is 72.9 Å². The van der Waals surface area contributed by atoms with Crippen molar-refractivity contribution in [3.05, 3.63) is 84.2 Å². The SMILES string of the molecule is CCc1ccc(CCOc2ccc(-c3cc(-c4ccc(O)cc4)nc(N)n3)cc2)nc1. The van der Waals surface area contributed by atoms with E-state index >= 15 is 0 Å². The second-order valence-electron chi connectivity index (χ2n) is 7.18. The zero-order valence-corrected chi connectivity index (χ0v) is 17.3. The molecule has 0 fully saturated rings. The minimum atomic E-state index is 0.197. The first-order valence-corrected chi connectivity index (χ1v) is 10.2. The molecule has 0 unspecified atom stereocenters. The fourth-order valence-corrected chi connectivity index (χ4v) is 3.20. The second-order valence-corrected chi connectivity index (χ2v) is 7.18. The number of aromatic nitrogens is 3. The van der Waals surface area contributed by atoms with Gasteiger partial charge >= 0.3 is 0 Å². The van der Waals surface area contributed by atoms with E-state index in [-0.39, 0.29) is 11.7 Å². The summed E-state index contributed by atoms with van der Waals surface area (Å²) in [5, 5.41) is 9.49. The largest absolute Gasteiger partial charge is 0.508 e. The van der Waals surface area contributed by atoms with Crippen LogP contribution in [-0.4, -0.2) is 26.7 Å². The molecule has 0 amide bonds. The van der Waals surface area contributed by atoms with Crippen LogP contribution < -0.4 is 10.5 Å². The molecule has 4 rings (SSSR count). The van der Waals surface area contributed by atoms with Crippen LogP contribution >= 0.6 is 0 Å². The Kier molecular flexibility index (Phi) is 6.08. The topological polar surface area (TPSA) is 94.2 Å². The number of pyridine rings is 1. The number of benzene rings is 2. The van der Waals surface area contributed by atoms with Gasteiger partial charge in [0.05, 0.1) is 18.0 Å². The maximum absolute atomic E-state index is 9.49. The molecule has 0 aliphatic rings. The van der Waals surface area contributed by atoms with Crippen LogP contribution in [0.5, 0.6) is 11.5 Å². The van der Waals surface area contributed by atoms with Gasteiger partial charge in [-0.2, -0.15) is 0 Å². The van der Waals surface area contributed by atoms with Crippen LogP contribution in [0.3, 0.4) is 0 Å². The predicted octanol–water partition coefficient (Wildman–Crippen LogP) is 4.68. The third kappa shape index (κ3) is 5.17. The molecule has 0 saturated carbocycles. The highest BCUT2D eigenvalue weighted by Crippen LogP contribution is 2.27. The molecule has 0 bridgehead atoms. The number of aryl methyl sites for hydroxylation is 1. The van der Waals surface area contributed by atoms with E-state index in [1.807, 2.05) is 36.5 Å². The summed E-state index contributed by atoms with van der Waals surface area (Å²) in [6.07, 6.45) is 3.67. The van der Waals surface area contributed by atoms with Crippen molar-refractivity contribution in [3.63, 3.8) is 0 Å². The van der Waals surface area contributed by atoms with E-state index < -0.39 is 0 Å².